The van der Waals surface area contributed by atoms with Crippen molar-refractivity contribution < 1.29 is 4.79 Å². The number of hydrogen-bond acceptors (Lipinski definition) is 3. The molecule has 0 spiro atoms. The number of halogens is 1. The van der Waals surface area contributed by atoms with Gasteiger partial charge in [-0.3, -0.25) is 9.48 Å². The van der Waals surface area contributed by atoms with Gasteiger partial charge in [-0.2, -0.15) is 5.10 Å². The van der Waals surface area contributed by atoms with Crippen molar-refractivity contribution in [2.24, 2.45) is 11.8 Å². The molecule has 2 rings (SSSR count). The molecule has 1 saturated heterocycles. The summed E-state index contributed by atoms with van der Waals surface area (Å²) in [5, 5.41) is 10.5. The predicted octanol–water partition coefficient (Wildman–Crippen LogP) is 1.45. The van der Waals surface area contributed by atoms with E-state index in [-0.39, 0.29) is 18.3 Å². The van der Waals surface area contributed by atoms with Crippen LogP contribution in [0.3, 0.4) is 0 Å². The maximum atomic E-state index is 11.9. The highest BCUT2D eigenvalue weighted by molar-refractivity contribution is 5.85. The molecule has 1 aliphatic heterocycles. The smallest absolute Gasteiger partial charge is 0.220 e. The van der Waals surface area contributed by atoms with Crippen LogP contribution in [0.25, 0.3) is 0 Å². The van der Waals surface area contributed by atoms with Crippen molar-refractivity contribution >= 4 is 18.3 Å². The minimum absolute atomic E-state index is 0. The van der Waals surface area contributed by atoms with E-state index < -0.39 is 0 Å². The lowest BCUT2D eigenvalue weighted by atomic mass is 9.85. The molecule has 114 valence electrons. The second kappa shape index (κ2) is 8.97. The van der Waals surface area contributed by atoms with Gasteiger partial charge in [-0.05, 0) is 43.8 Å². The molecule has 2 atom stereocenters. The molecular weight excluding hydrogens is 276 g/mol. The van der Waals surface area contributed by atoms with Crippen molar-refractivity contribution in [1.29, 1.82) is 0 Å². The first kappa shape index (κ1) is 17.0. The fourth-order valence-electron chi connectivity index (χ4n) is 2.64. The Morgan fingerprint density at radius 3 is 3.10 bits per heavy atom. The molecule has 2 heterocycles. The molecular formula is C14H25ClN4O. The van der Waals surface area contributed by atoms with Gasteiger partial charge in [-0.25, -0.2) is 0 Å². The van der Waals surface area contributed by atoms with Crippen LogP contribution in [0, 0.1) is 11.8 Å². The summed E-state index contributed by atoms with van der Waals surface area (Å²) in [6, 6.07) is 1.89. The van der Waals surface area contributed by atoms with Gasteiger partial charge < -0.3 is 10.6 Å². The normalized spacial score (nSPS) is 19.9. The number of amides is 1. The summed E-state index contributed by atoms with van der Waals surface area (Å²) in [6.45, 7) is 5.75. The van der Waals surface area contributed by atoms with Crippen LogP contribution in [-0.2, 0) is 11.3 Å². The van der Waals surface area contributed by atoms with Crippen LogP contribution in [0.1, 0.15) is 26.2 Å². The summed E-state index contributed by atoms with van der Waals surface area (Å²) >= 11 is 0. The number of aromatic nitrogens is 2. The lowest BCUT2D eigenvalue weighted by molar-refractivity contribution is -0.122. The highest BCUT2D eigenvalue weighted by Gasteiger charge is 2.21. The molecule has 1 aromatic rings. The Hall–Kier alpha value is -1.07. The van der Waals surface area contributed by atoms with Crippen LogP contribution in [0.15, 0.2) is 18.5 Å². The molecule has 1 aliphatic rings. The lowest BCUT2D eigenvalue weighted by Crippen LogP contribution is -2.36. The van der Waals surface area contributed by atoms with Crippen molar-refractivity contribution in [3.63, 3.8) is 0 Å². The fourth-order valence-corrected chi connectivity index (χ4v) is 2.64. The Kier molecular flexibility index (Phi) is 7.62. The molecule has 5 nitrogen and oxygen atoms in total. The van der Waals surface area contributed by atoms with Gasteiger partial charge in [0.15, 0.2) is 0 Å². The molecule has 0 bridgehead atoms. The quantitative estimate of drug-likeness (QED) is 0.836. The zero-order chi connectivity index (χ0) is 13.5. The number of piperidine rings is 1. The lowest BCUT2D eigenvalue weighted by Gasteiger charge is -2.28. The first-order valence-corrected chi connectivity index (χ1v) is 7.20. The second-order valence-electron chi connectivity index (χ2n) is 5.41. The van der Waals surface area contributed by atoms with E-state index in [0.717, 1.165) is 19.6 Å². The largest absolute Gasteiger partial charge is 0.354 e. The zero-order valence-corrected chi connectivity index (χ0v) is 12.9. The van der Waals surface area contributed by atoms with E-state index in [1.165, 1.54) is 12.8 Å². The van der Waals surface area contributed by atoms with Crippen LogP contribution in [0.4, 0.5) is 0 Å². The number of hydrogen-bond donors (Lipinski definition) is 2. The van der Waals surface area contributed by atoms with Gasteiger partial charge in [0.05, 0.1) is 6.54 Å². The molecule has 20 heavy (non-hydrogen) atoms. The zero-order valence-electron chi connectivity index (χ0n) is 12.0. The Morgan fingerprint density at radius 2 is 2.45 bits per heavy atom. The van der Waals surface area contributed by atoms with Gasteiger partial charge in [-0.1, -0.05) is 6.92 Å². The van der Waals surface area contributed by atoms with E-state index in [0.29, 0.717) is 24.8 Å². The van der Waals surface area contributed by atoms with Crippen LogP contribution in [0.5, 0.6) is 0 Å². The Morgan fingerprint density at radius 1 is 1.60 bits per heavy atom. The van der Waals surface area contributed by atoms with E-state index in [4.69, 9.17) is 0 Å². The summed E-state index contributed by atoms with van der Waals surface area (Å²) in [5.41, 5.74) is 0. The molecule has 2 N–H and O–H groups in total. The van der Waals surface area contributed by atoms with E-state index >= 15 is 0 Å². The van der Waals surface area contributed by atoms with Crippen LogP contribution in [0.2, 0.25) is 0 Å². The summed E-state index contributed by atoms with van der Waals surface area (Å²) in [7, 11) is 0. The van der Waals surface area contributed by atoms with Gasteiger partial charge in [0, 0.05) is 25.4 Å². The minimum atomic E-state index is 0. The van der Waals surface area contributed by atoms with E-state index in [9.17, 15) is 4.79 Å². The molecule has 0 aliphatic carbocycles. The SMILES string of the molecule is CC(CC(=O)NCCn1cccn1)C1CCCNC1.Cl. The summed E-state index contributed by atoms with van der Waals surface area (Å²) in [5.74, 6) is 1.26. The van der Waals surface area contributed by atoms with Crippen LogP contribution in [-0.4, -0.2) is 35.3 Å². The van der Waals surface area contributed by atoms with Crippen molar-refractivity contribution in [3.8, 4) is 0 Å². The maximum Gasteiger partial charge on any atom is 0.220 e. The molecule has 0 saturated carbocycles. The standard InChI is InChI=1S/C14H24N4O.ClH/c1-12(13-4-2-5-15-11-13)10-14(19)16-7-9-18-8-3-6-17-18;/h3,6,8,12-13,15H,2,4-5,7,9-11H2,1H3,(H,16,19);1H. The number of carbonyl (C=O) groups excluding carboxylic acids is 1. The van der Waals surface area contributed by atoms with Gasteiger partial charge in [0.25, 0.3) is 0 Å². The average Bonchev–Trinajstić information content (AvgIpc) is 2.93. The molecule has 2 unspecified atom stereocenters. The molecule has 0 radical (unpaired) electrons. The van der Waals surface area contributed by atoms with Crippen molar-refractivity contribution in [2.45, 2.75) is 32.7 Å². The topological polar surface area (TPSA) is 59.0 Å². The van der Waals surface area contributed by atoms with Crippen LogP contribution < -0.4 is 10.6 Å². The monoisotopic (exact) mass is 300 g/mol. The van der Waals surface area contributed by atoms with Crippen molar-refractivity contribution in [2.75, 3.05) is 19.6 Å². The Labute approximate surface area is 126 Å². The summed E-state index contributed by atoms with van der Waals surface area (Å²) in [6.07, 6.45) is 6.76. The third-order valence-electron chi connectivity index (χ3n) is 3.87. The first-order chi connectivity index (χ1) is 9.25. The average molecular weight is 301 g/mol. The summed E-state index contributed by atoms with van der Waals surface area (Å²) in [4.78, 5) is 11.9. The second-order valence-corrected chi connectivity index (χ2v) is 5.41. The number of rotatable bonds is 6. The number of carbonyl (C=O) groups is 1. The Bertz CT molecular complexity index is 377. The van der Waals surface area contributed by atoms with E-state index in [2.05, 4.69) is 22.7 Å². The Balaban J connectivity index is 0.00000200. The maximum absolute atomic E-state index is 11.9. The number of nitrogens with one attached hydrogen (secondary N) is 2. The third-order valence-corrected chi connectivity index (χ3v) is 3.87. The number of nitrogens with zero attached hydrogens (tertiary/aromatic N) is 2. The minimum Gasteiger partial charge on any atom is -0.354 e. The molecule has 1 aromatic heterocycles. The highest BCUT2D eigenvalue weighted by Crippen LogP contribution is 2.22. The van der Waals surface area contributed by atoms with Gasteiger partial charge in [0.1, 0.15) is 0 Å². The molecule has 1 fully saturated rings. The van der Waals surface area contributed by atoms with Gasteiger partial charge in [0.2, 0.25) is 5.91 Å². The predicted molar refractivity (Wildman–Crippen MR) is 81.9 cm³/mol. The first-order valence-electron chi connectivity index (χ1n) is 7.20. The molecule has 6 heteroatoms. The van der Waals surface area contributed by atoms with Gasteiger partial charge >= 0.3 is 0 Å². The van der Waals surface area contributed by atoms with Gasteiger partial charge in [-0.15, -0.1) is 12.4 Å². The summed E-state index contributed by atoms with van der Waals surface area (Å²) < 4.78 is 1.83. The van der Waals surface area contributed by atoms with Crippen molar-refractivity contribution in [3.05, 3.63) is 18.5 Å². The molecule has 1 amide bonds. The highest BCUT2D eigenvalue weighted by atomic mass is 35.5. The fraction of sp³-hybridized carbons (Fsp3) is 0.714. The third kappa shape index (κ3) is 5.51. The van der Waals surface area contributed by atoms with Crippen LogP contribution >= 0.6 is 12.4 Å². The van der Waals surface area contributed by atoms with Crippen molar-refractivity contribution in [1.82, 2.24) is 20.4 Å². The van der Waals surface area contributed by atoms with E-state index in [1.54, 1.807) is 6.20 Å². The van der Waals surface area contributed by atoms with E-state index in [1.807, 2.05) is 16.9 Å². The molecule has 0 aromatic carbocycles.